The van der Waals surface area contributed by atoms with Crippen molar-refractivity contribution in [3.8, 4) is 0 Å². The fourth-order valence-electron chi connectivity index (χ4n) is 2.72. The number of rotatable bonds is 5. The summed E-state index contributed by atoms with van der Waals surface area (Å²) in [6, 6.07) is 13.8. The number of anilines is 2. The van der Waals surface area contributed by atoms with Gasteiger partial charge in [0.2, 0.25) is 0 Å². The highest BCUT2D eigenvalue weighted by Gasteiger charge is 2.15. The van der Waals surface area contributed by atoms with Gasteiger partial charge in [-0.1, -0.05) is 18.2 Å². The van der Waals surface area contributed by atoms with E-state index < -0.39 is 11.9 Å². The van der Waals surface area contributed by atoms with Crippen molar-refractivity contribution < 1.29 is 19.8 Å². The Balaban J connectivity index is 2.11. The number of nitrogens with one attached hydrogen (secondary N) is 1. The molecule has 0 saturated heterocycles. The summed E-state index contributed by atoms with van der Waals surface area (Å²) < 4.78 is 0. The number of para-hydroxylation sites is 1. The third-order valence-electron chi connectivity index (χ3n) is 3.93. The van der Waals surface area contributed by atoms with Crippen LogP contribution in [0.4, 0.5) is 11.4 Å². The Kier molecular flexibility index (Phi) is 4.35. The number of carbonyl (C=O) groups is 2. The number of aromatic nitrogens is 1. The van der Waals surface area contributed by atoms with Crippen molar-refractivity contribution >= 4 is 34.2 Å². The average molecular weight is 336 g/mol. The van der Waals surface area contributed by atoms with Gasteiger partial charge in [-0.3, -0.25) is 9.78 Å². The lowest BCUT2D eigenvalue weighted by molar-refractivity contribution is -0.136. The first-order valence-electron chi connectivity index (χ1n) is 7.66. The Labute approximate surface area is 143 Å². The van der Waals surface area contributed by atoms with Gasteiger partial charge >= 0.3 is 11.9 Å². The zero-order chi connectivity index (χ0) is 18.0. The van der Waals surface area contributed by atoms with Crippen molar-refractivity contribution in [2.24, 2.45) is 0 Å². The highest BCUT2D eigenvalue weighted by molar-refractivity contribution is 5.96. The van der Waals surface area contributed by atoms with Crippen LogP contribution in [-0.2, 0) is 11.2 Å². The molecule has 3 N–H and O–H groups in total. The summed E-state index contributed by atoms with van der Waals surface area (Å²) in [5.74, 6) is -1.94. The normalized spacial score (nSPS) is 10.6. The average Bonchev–Trinajstić information content (AvgIpc) is 2.58. The predicted molar refractivity (Wildman–Crippen MR) is 94.5 cm³/mol. The number of carboxylic acids is 2. The van der Waals surface area contributed by atoms with E-state index in [4.69, 9.17) is 5.11 Å². The number of nitrogens with zero attached hydrogens (tertiary/aromatic N) is 1. The van der Waals surface area contributed by atoms with E-state index in [2.05, 4.69) is 10.3 Å². The minimum Gasteiger partial charge on any atom is -0.481 e. The molecule has 0 unspecified atom stereocenters. The van der Waals surface area contributed by atoms with Crippen molar-refractivity contribution in [2.45, 2.75) is 13.3 Å². The summed E-state index contributed by atoms with van der Waals surface area (Å²) in [5.41, 5.74) is 3.55. The third-order valence-corrected chi connectivity index (χ3v) is 3.93. The Morgan fingerprint density at radius 2 is 1.72 bits per heavy atom. The summed E-state index contributed by atoms with van der Waals surface area (Å²) in [7, 11) is 0. The van der Waals surface area contributed by atoms with E-state index in [0.717, 1.165) is 10.9 Å². The largest absolute Gasteiger partial charge is 0.481 e. The van der Waals surface area contributed by atoms with Crippen LogP contribution in [0.2, 0.25) is 0 Å². The van der Waals surface area contributed by atoms with E-state index in [0.29, 0.717) is 22.6 Å². The van der Waals surface area contributed by atoms with Gasteiger partial charge in [0.05, 0.1) is 23.2 Å². The molecule has 0 radical (unpaired) electrons. The molecule has 25 heavy (non-hydrogen) atoms. The molecular formula is C19H16N2O4. The minimum atomic E-state index is -0.997. The molecule has 6 heteroatoms. The first kappa shape index (κ1) is 16.4. The highest BCUT2D eigenvalue weighted by Crippen LogP contribution is 2.31. The Morgan fingerprint density at radius 3 is 2.36 bits per heavy atom. The number of hydrogen-bond acceptors (Lipinski definition) is 4. The number of hydrogen-bond donors (Lipinski definition) is 3. The highest BCUT2D eigenvalue weighted by atomic mass is 16.4. The van der Waals surface area contributed by atoms with Crippen LogP contribution >= 0.6 is 0 Å². The molecule has 0 fully saturated rings. The van der Waals surface area contributed by atoms with Gasteiger partial charge in [0.15, 0.2) is 0 Å². The zero-order valence-corrected chi connectivity index (χ0v) is 13.5. The topological polar surface area (TPSA) is 99.5 Å². The molecule has 0 atom stereocenters. The Hall–Kier alpha value is -3.41. The summed E-state index contributed by atoms with van der Waals surface area (Å²) in [6.45, 7) is 1.78. The van der Waals surface area contributed by atoms with Crippen molar-refractivity contribution in [1.29, 1.82) is 0 Å². The standard InChI is InChI=1S/C19H16N2O4/c1-11-15(10-17(22)23)18(14-4-2-3-5-16(14)20-11)21-13-8-6-12(7-9-13)19(24)25/h2-9H,10H2,1H3,(H,20,21)(H,22,23)(H,24,25). The van der Waals surface area contributed by atoms with Gasteiger partial charge in [0, 0.05) is 22.3 Å². The Bertz CT molecular complexity index is 965. The van der Waals surface area contributed by atoms with Crippen LogP contribution in [0, 0.1) is 6.92 Å². The second-order valence-electron chi connectivity index (χ2n) is 5.65. The quantitative estimate of drug-likeness (QED) is 0.658. The number of fused-ring (bicyclic) bond motifs is 1. The van der Waals surface area contributed by atoms with E-state index in [1.807, 2.05) is 24.3 Å². The van der Waals surface area contributed by atoms with Crippen LogP contribution in [0.5, 0.6) is 0 Å². The van der Waals surface area contributed by atoms with Crippen molar-refractivity contribution in [3.05, 3.63) is 65.4 Å². The molecule has 0 bridgehead atoms. The van der Waals surface area contributed by atoms with Crippen molar-refractivity contribution in [3.63, 3.8) is 0 Å². The molecule has 6 nitrogen and oxygen atoms in total. The minimum absolute atomic E-state index is 0.154. The molecule has 0 aliphatic heterocycles. The molecule has 0 spiro atoms. The molecule has 3 rings (SSSR count). The monoisotopic (exact) mass is 336 g/mol. The maximum Gasteiger partial charge on any atom is 0.335 e. The van der Waals surface area contributed by atoms with Crippen molar-refractivity contribution in [2.75, 3.05) is 5.32 Å². The van der Waals surface area contributed by atoms with Gasteiger partial charge in [-0.05, 0) is 37.3 Å². The second kappa shape index (κ2) is 6.60. The molecular weight excluding hydrogens is 320 g/mol. The predicted octanol–water partition coefficient (Wildman–Crippen LogP) is 3.61. The van der Waals surface area contributed by atoms with Crippen LogP contribution in [0.3, 0.4) is 0 Å². The molecule has 0 aliphatic rings. The molecule has 1 aromatic heterocycles. The zero-order valence-electron chi connectivity index (χ0n) is 13.5. The van der Waals surface area contributed by atoms with Crippen LogP contribution < -0.4 is 5.32 Å². The number of aryl methyl sites for hydroxylation is 1. The molecule has 2 aromatic carbocycles. The van der Waals surface area contributed by atoms with Gasteiger partial charge in [0.25, 0.3) is 0 Å². The van der Waals surface area contributed by atoms with Gasteiger partial charge in [-0.2, -0.15) is 0 Å². The Morgan fingerprint density at radius 1 is 1.04 bits per heavy atom. The summed E-state index contributed by atoms with van der Waals surface area (Å²) in [6.07, 6.45) is -0.154. The van der Waals surface area contributed by atoms with Crippen LogP contribution in [0.25, 0.3) is 10.9 Å². The maximum atomic E-state index is 11.3. The summed E-state index contributed by atoms with van der Waals surface area (Å²) in [4.78, 5) is 26.7. The fraction of sp³-hybridized carbons (Fsp3) is 0.105. The molecule has 126 valence electrons. The summed E-state index contributed by atoms with van der Waals surface area (Å²) in [5, 5.41) is 22.3. The smallest absolute Gasteiger partial charge is 0.335 e. The number of aliphatic carboxylic acids is 1. The molecule has 0 amide bonds. The molecule has 1 heterocycles. The van der Waals surface area contributed by atoms with Crippen LogP contribution in [0.15, 0.2) is 48.5 Å². The van der Waals surface area contributed by atoms with Crippen LogP contribution in [0.1, 0.15) is 21.6 Å². The SMILES string of the molecule is Cc1nc2ccccc2c(Nc2ccc(C(=O)O)cc2)c1CC(=O)O. The maximum absolute atomic E-state index is 11.3. The molecule has 3 aromatic rings. The summed E-state index contributed by atoms with van der Waals surface area (Å²) >= 11 is 0. The number of carboxylic acid groups (broad SMARTS) is 2. The van der Waals surface area contributed by atoms with Gasteiger partial charge < -0.3 is 15.5 Å². The van der Waals surface area contributed by atoms with E-state index in [1.54, 1.807) is 19.1 Å². The molecule has 0 saturated carbocycles. The lowest BCUT2D eigenvalue weighted by Gasteiger charge is -2.16. The van der Waals surface area contributed by atoms with E-state index in [9.17, 15) is 14.7 Å². The number of pyridine rings is 1. The van der Waals surface area contributed by atoms with Gasteiger partial charge in [0.1, 0.15) is 0 Å². The lowest BCUT2D eigenvalue weighted by atomic mass is 10.0. The fourth-order valence-corrected chi connectivity index (χ4v) is 2.72. The van der Waals surface area contributed by atoms with Crippen LogP contribution in [-0.4, -0.2) is 27.1 Å². The first-order chi connectivity index (χ1) is 12.0. The second-order valence-corrected chi connectivity index (χ2v) is 5.65. The molecule has 0 aliphatic carbocycles. The lowest BCUT2D eigenvalue weighted by Crippen LogP contribution is -2.08. The van der Waals surface area contributed by atoms with Gasteiger partial charge in [-0.15, -0.1) is 0 Å². The van der Waals surface area contributed by atoms with E-state index in [-0.39, 0.29) is 12.0 Å². The van der Waals surface area contributed by atoms with Crippen molar-refractivity contribution in [1.82, 2.24) is 4.98 Å². The van der Waals surface area contributed by atoms with E-state index >= 15 is 0 Å². The third kappa shape index (κ3) is 3.42. The van der Waals surface area contributed by atoms with Gasteiger partial charge in [-0.25, -0.2) is 4.79 Å². The first-order valence-corrected chi connectivity index (χ1v) is 7.66. The number of benzene rings is 2. The number of aromatic carboxylic acids is 1. The van der Waals surface area contributed by atoms with E-state index in [1.165, 1.54) is 12.1 Å².